The molecule has 0 aliphatic carbocycles. The Balaban J connectivity index is 2.01. The fourth-order valence-corrected chi connectivity index (χ4v) is 2.69. The molecule has 1 aromatic rings. The van der Waals surface area contributed by atoms with Crippen molar-refractivity contribution in [3.8, 4) is 0 Å². The quantitative estimate of drug-likeness (QED) is 0.455. The second-order valence-electron chi connectivity index (χ2n) is 5.59. The molecule has 0 saturated heterocycles. The lowest BCUT2D eigenvalue weighted by atomic mass is 10.1. The lowest BCUT2D eigenvalue weighted by Crippen LogP contribution is -2.31. The number of hydrogen-bond acceptors (Lipinski definition) is 4. The number of ether oxygens (including phenoxy) is 1. The van der Waals surface area contributed by atoms with Gasteiger partial charge in [0.2, 0.25) is 0 Å². The number of rotatable bonds is 6. The van der Waals surface area contributed by atoms with Crippen LogP contribution in [-0.2, 0) is 11.2 Å². The first kappa shape index (κ1) is 14.8. The Bertz CT molecular complexity index is 488. The van der Waals surface area contributed by atoms with Gasteiger partial charge in [-0.25, -0.2) is 0 Å². The number of benzene rings is 1. The molecule has 20 heavy (non-hydrogen) atoms. The predicted octanol–water partition coefficient (Wildman–Crippen LogP) is 3.16. The van der Waals surface area contributed by atoms with E-state index in [4.69, 9.17) is 4.74 Å². The lowest BCUT2D eigenvalue weighted by Gasteiger charge is -2.25. The Morgan fingerprint density at radius 2 is 2.25 bits per heavy atom. The average molecular weight is 278 g/mol. The average Bonchev–Trinajstić information content (AvgIpc) is 2.69. The van der Waals surface area contributed by atoms with E-state index >= 15 is 0 Å². The van der Waals surface area contributed by atoms with Crippen LogP contribution in [0.3, 0.4) is 0 Å². The zero-order chi connectivity index (χ0) is 14.7. The number of non-ortho nitro benzene ring substituents is 1. The second kappa shape index (κ2) is 6.22. The van der Waals surface area contributed by atoms with E-state index in [0.717, 1.165) is 37.2 Å². The van der Waals surface area contributed by atoms with Crippen LogP contribution in [-0.4, -0.2) is 30.2 Å². The van der Waals surface area contributed by atoms with E-state index in [2.05, 4.69) is 11.8 Å². The number of nitrogens with zero attached hydrogens (tertiary/aromatic N) is 2. The molecule has 1 aromatic carbocycles. The van der Waals surface area contributed by atoms with Crippen LogP contribution in [0.1, 0.15) is 32.8 Å². The van der Waals surface area contributed by atoms with Crippen molar-refractivity contribution in [2.24, 2.45) is 0 Å². The van der Waals surface area contributed by atoms with Crippen molar-refractivity contribution in [1.82, 2.24) is 0 Å². The summed E-state index contributed by atoms with van der Waals surface area (Å²) < 4.78 is 5.56. The second-order valence-corrected chi connectivity index (χ2v) is 5.59. The van der Waals surface area contributed by atoms with E-state index in [9.17, 15) is 10.1 Å². The van der Waals surface area contributed by atoms with Crippen LogP contribution in [0.2, 0.25) is 0 Å². The van der Waals surface area contributed by atoms with Gasteiger partial charge in [0.25, 0.3) is 5.69 Å². The molecule has 0 spiro atoms. The van der Waals surface area contributed by atoms with Gasteiger partial charge in [-0.15, -0.1) is 0 Å². The number of nitro groups is 1. The summed E-state index contributed by atoms with van der Waals surface area (Å²) in [6.45, 7) is 7.91. The van der Waals surface area contributed by atoms with Crippen molar-refractivity contribution >= 4 is 11.4 Å². The van der Waals surface area contributed by atoms with Gasteiger partial charge in [0.15, 0.2) is 0 Å². The molecule has 2 rings (SSSR count). The maximum absolute atomic E-state index is 10.8. The molecule has 0 N–H and O–H groups in total. The summed E-state index contributed by atoms with van der Waals surface area (Å²) in [5.41, 5.74) is 2.39. The predicted molar refractivity (Wildman–Crippen MR) is 79.3 cm³/mol. The molecule has 1 aliphatic heterocycles. The van der Waals surface area contributed by atoms with E-state index in [0.29, 0.717) is 6.04 Å². The van der Waals surface area contributed by atoms with Gasteiger partial charge in [-0.2, -0.15) is 0 Å². The van der Waals surface area contributed by atoms with Gasteiger partial charge in [-0.3, -0.25) is 10.1 Å². The smallest absolute Gasteiger partial charge is 0.269 e. The first-order valence-electron chi connectivity index (χ1n) is 7.14. The van der Waals surface area contributed by atoms with Crippen molar-refractivity contribution in [3.05, 3.63) is 33.9 Å². The van der Waals surface area contributed by atoms with Gasteiger partial charge in [-0.1, -0.05) is 0 Å². The zero-order valence-electron chi connectivity index (χ0n) is 12.3. The number of nitro benzene ring substituents is 1. The van der Waals surface area contributed by atoms with Crippen LogP contribution in [0, 0.1) is 10.1 Å². The lowest BCUT2D eigenvalue weighted by molar-refractivity contribution is -0.384. The van der Waals surface area contributed by atoms with Crippen molar-refractivity contribution < 1.29 is 9.66 Å². The Labute approximate surface area is 119 Å². The van der Waals surface area contributed by atoms with Gasteiger partial charge in [0, 0.05) is 37.0 Å². The highest BCUT2D eigenvalue weighted by molar-refractivity contribution is 5.62. The van der Waals surface area contributed by atoms with Gasteiger partial charge in [-0.05, 0) is 45.2 Å². The minimum Gasteiger partial charge on any atom is -0.379 e. The monoisotopic (exact) mass is 278 g/mol. The number of hydrogen-bond donors (Lipinski definition) is 0. The topological polar surface area (TPSA) is 55.6 Å². The van der Waals surface area contributed by atoms with Gasteiger partial charge >= 0.3 is 0 Å². The summed E-state index contributed by atoms with van der Waals surface area (Å²) in [7, 11) is 0. The van der Waals surface area contributed by atoms with Gasteiger partial charge in [0.1, 0.15) is 0 Å². The summed E-state index contributed by atoms with van der Waals surface area (Å²) in [6, 6.07) is 5.57. The standard InChI is InChI=1S/C15H22N2O3/c1-11(2)20-8-4-7-16-12(3)9-13-10-14(17(18)19)5-6-15(13)16/h5-6,10-12H,4,7-9H2,1-3H3/t12-/m0/s1. The van der Waals surface area contributed by atoms with Crippen LogP contribution >= 0.6 is 0 Å². The Hall–Kier alpha value is -1.62. The molecule has 1 atom stereocenters. The minimum absolute atomic E-state index is 0.181. The summed E-state index contributed by atoms with van der Waals surface area (Å²) in [5, 5.41) is 10.8. The first-order chi connectivity index (χ1) is 9.49. The minimum atomic E-state index is -0.329. The van der Waals surface area contributed by atoms with E-state index in [-0.39, 0.29) is 16.7 Å². The maximum atomic E-state index is 10.8. The van der Waals surface area contributed by atoms with Gasteiger partial charge in [0.05, 0.1) is 11.0 Å². The third-order valence-corrected chi connectivity index (χ3v) is 3.63. The van der Waals surface area contributed by atoms with E-state index in [1.54, 1.807) is 12.1 Å². The zero-order valence-corrected chi connectivity index (χ0v) is 12.3. The summed E-state index contributed by atoms with van der Waals surface area (Å²) >= 11 is 0. The van der Waals surface area contributed by atoms with Crippen molar-refractivity contribution in [2.75, 3.05) is 18.1 Å². The van der Waals surface area contributed by atoms with Crippen LogP contribution in [0.4, 0.5) is 11.4 Å². The Morgan fingerprint density at radius 3 is 2.90 bits per heavy atom. The largest absolute Gasteiger partial charge is 0.379 e. The first-order valence-corrected chi connectivity index (χ1v) is 7.14. The Morgan fingerprint density at radius 1 is 1.50 bits per heavy atom. The molecule has 5 heteroatoms. The Kier molecular flexibility index (Phi) is 4.60. The fraction of sp³-hybridized carbons (Fsp3) is 0.600. The third kappa shape index (κ3) is 3.28. The maximum Gasteiger partial charge on any atom is 0.269 e. The molecule has 0 unspecified atom stereocenters. The molecule has 0 saturated carbocycles. The molecule has 0 bridgehead atoms. The van der Waals surface area contributed by atoms with Gasteiger partial charge < -0.3 is 9.64 Å². The van der Waals surface area contributed by atoms with Crippen LogP contribution in [0.5, 0.6) is 0 Å². The molecule has 110 valence electrons. The van der Waals surface area contributed by atoms with Crippen molar-refractivity contribution in [1.29, 1.82) is 0 Å². The van der Waals surface area contributed by atoms with E-state index in [1.807, 2.05) is 19.9 Å². The third-order valence-electron chi connectivity index (χ3n) is 3.63. The molecular formula is C15H22N2O3. The molecule has 1 heterocycles. The SMILES string of the molecule is CC(C)OCCCN1c2ccc([N+](=O)[O-])cc2C[C@@H]1C. The molecule has 0 fully saturated rings. The van der Waals surface area contributed by atoms with Crippen molar-refractivity contribution in [3.63, 3.8) is 0 Å². The van der Waals surface area contributed by atoms with Crippen LogP contribution in [0.15, 0.2) is 18.2 Å². The number of fused-ring (bicyclic) bond motifs is 1. The van der Waals surface area contributed by atoms with Crippen LogP contribution < -0.4 is 4.90 Å². The van der Waals surface area contributed by atoms with Crippen LogP contribution in [0.25, 0.3) is 0 Å². The van der Waals surface area contributed by atoms with E-state index in [1.165, 1.54) is 0 Å². The molecule has 0 amide bonds. The normalized spacial score (nSPS) is 17.6. The summed E-state index contributed by atoms with van der Waals surface area (Å²) in [6.07, 6.45) is 2.11. The highest BCUT2D eigenvalue weighted by Gasteiger charge is 2.27. The van der Waals surface area contributed by atoms with E-state index < -0.39 is 0 Å². The molecule has 1 aliphatic rings. The molecule has 5 nitrogen and oxygen atoms in total. The molecule has 0 radical (unpaired) electrons. The number of anilines is 1. The molecule has 0 aromatic heterocycles. The highest BCUT2D eigenvalue weighted by atomic mass is 16.6. The highest BCUT2D eigenvalue weighted by Crippen LogP contribution is 2.34. The summed E-state index contributed by atoms with van der Waals surface area (Å²) in [4.78, 5) is 12.8. The molecular weight excluding hydrogens is 256 g/mol. The van der Waals surface area contributed by atoms with Crippen molar-refractivity contribution in [2.45, 2.75) is 45.8 Å². The fourth-order valence-electron chi connectivity index (χ4n) is 2.69. The summed E-state index contributed by atoms with van der Waals surface area (Å²) in [5.74, 6) is 0.